The number of aromatic nitrogens is 1. The van der Waals surface area contributed by atoms with Crippen molar-refractivity contribution in [2.24, 2.45) is 0 Å². The van der Waals surface area contributed by atoms with E-state index in [-0.39, 0.29) is 6.04 Å². The second-order valence-corrected chi connectivity index (χ2v) is 8.67. The Labute approximate surface area is 124 Å². The molecule has 0 aliphatic rings. The summed E-state index contributed by atoms with van der Waals surface area (Å²) in [4.78, 5) is 4.31. The van der Waals surface area contributed by atoms with Gasteiger partial charge in [-0.15, -0.1) is 0 Å². The van der Waals surface area contributed by atoms with E-state index >= 15 is 0 Å². The monoisotopic (exact) mass is 348 g/mol. The number of sulfone groups is 1. The number of nitrogens with zero attached hydrogens (tertiary/aromatic N) is 1. The SMILES string of the molecule is CCNC(Cc1ccc(Br)cn1)C(C)(C)S(C)(=O)=O. The van der Waals surface area contributed by atoms with E-state index in [0.29, 0.717) is 6.42 Å². The highest BCUT2D eigenvalue weighted by molar-refractivity contribution is 9.10. The molecule has 1 aromatic heterocycles. The van der Waals surface area contributed by atoms with E-state index < -0.39 is 14.6 Å². The topological polar surface area (TPSA) is 59.1 Å². The summed E-state index contributed by atoms with van der Waals surface area (Å²) in [6.45, 7) is 6.21. The molecule has 0 aliphatic heterocycles. The number of hydrogen-bond donors (Lipinski definition) is 1. The summed E-state index contributed by atoms with van der Waals surface area (Å²) in [6.07, 6.45) is 3.60. The van der Waals surface area contributed by atoms with E-state index in [1.807, 2.05) is 19.1 Å². The van der Waals surface area contributed by atoms with Crippen LogP contribution in [0.3, 0.4) is 0 Å². The summed E-state index contributed by atoms with van der Waals surface area (Å²) < 4.78 is 24.0. The fourth-order valence-corrected chi connectivity index (χ4v) is 2.72. The molecule has 1 heterocycles. The average molecular weight is 349 g/mol. The highest BCUT2D eigenvalue weighted by Crippen LogP contribution is 2.23. The van der Waals surface area contributed by atoms with Gasteiger partial charge in [-0.1, -0.05) is 6.92 Å². The third-order valence-electron chi connectivity index (χ3n) is 3.45. The fourth-order valence-electron chi connectivity index (χ4n) is 1.80. The zero-order chi connectivity index (χ0) is 14.7. The van der Waals surface area contributed by atoms with E-state index in [0.717, 1.165) is 16.7 Å². The number of halogens is 1. The molecule has 1 atom stereocenters. The molecule has 0 radical (unpaired) electrons. The van der Waals surface area contributed by atoms with Gasteiger partial charge in [-0.2, -0.15) is 0 Å². The first kappa shape index (κ1) is 16.6. The normalized spacial score (nSPS) is 14.4. The summed E-state index contributed by atoms with van der Waals surface area (Å²) in [6, 6.07) is 3.66. The van der Waals surface area contributed by atoms with Crippen LogP contribution in [0.25, 0.3) is 0 Å². The molecule has 0 saturated carbocycles. The maximum absolute atomic E-state index is 11.9. The molecule has 0 aliphatic carbocycles. The van der Waals surface area contributed by atoms with Crippen LogP contribution < -0.4 is 5.32 Å². The van der Waals surface area contributed by atoms with Crippen LogP contribution in [0, 0.1) is 0 Å². The van der Waals surface area contributed by atoms with Gasteiger partial charge < -0.3 is 5.32 Å². The van der Waals surface area contributed by atoms with E-state index in [9.17, 15) is 8.42 Å². The van der Waals surface area contributed by atoms with Crippen LogP contribution >= 0.6 is 15.9 Å². The Hall–Kier alpha value is -0.460. The van der Waals surface area contributed by atoms with Gasteiger partial charge in [0.1, 0.15) is 0 Å². The van der Waals surface area contributed by atoms with Crippen molar-refractivity contribution in [2.45, 2.75) is 38.0 Å². The van der Waals surface area contributed by atoms with Gasteiger partial charge >= 0.3 is 0 Å². The molecule has 0 amide bonds. The quantitative estimate of drug-likeness (QED) is 0.855. The average Bonchev–Trinajstić information content (AvgIpc) is 2.30. The van der Waals surface area contributed by atoms with Gasteiger partial charge in [-0.3, -0.25) is 4.98 Å². The van der Waals surface area contributed by atoms with Crippen molar-refractivity contribution >= 4 is 25.8 Å². The predicted octanol–water partition coefficient (Wildman–Crippen LogP) is 2.19. The first-order chi connectivity index (χ1) is 8.68. The summed E-state index contributed by atoms with van der Waals surface area (Å²) in [5.41, 5.74) is 0.880. The first-order valence-corrected chi connectivity index (χ1v) is 8.90. The summed E-state index contributed by atoms with van der Waals surface area (Å²) in [5.74, 6) is 0. The second kappa shape index (κ2) is 6.33. The van der Waals surface area contributed by atoms with E-state index in [2.05, 4.69) is 26.2 Å². The van der Waals surface area contributed by atoms with Gasteiger partial charge in [-0.05, 0) is 48.5 Å². The summed E-state index contributed by atoms with van der Waals surface area (Å²) >= 11 is 3.34. The van der Waals surface area contributed by atoms with Crippen molar-refractivity contribution in [3.05, 3.63) is 28.5 Å². The molecule has 0 bridgehead atoms. The number of pyridine rings is 1. The molecule has 1 unspecified atom stereocenters. The molecule has 0 spiro atoms. The summed E-state index contributed by atoms with van der Waals surface area (Å²) in [7, 11) is -3.15. The zero-order valence-corrected chi connectivity index (χ0v) is 14.2. The van der Waals surface area contributed by atoms with E-state index in [4.69, 9.17) is 0 Å². The molecule has 0 saturated heterocycles. The summed E-state index contributed by atoms with van der Waals surface area (Å²) in [5, 5.41) is 3.26. The first-order valence-electron chi connectivity index (χ1n) is 6.22. The minimum absolute atomic E-state index is 0.166. The van der Waals surface area contributed by atoms with Crippen LogP contribution in [0.15, 0.2) is 22.8 Å². The van der Waals surface area contributed by atoms with Crippen molar-refractivity contribution in [1.29, 1.82) is 0 Å². The fraction of sp³-hybridized carbons (Fsp3) is 0.615. The van der Waals surface area contributed by atoms with Crippen molar-refractivity contribution in [1.82, 2.24) is 10.3 Å². The van der Waals surface area contributed by atoms with Crippen LogP contribution in [0.5, 0.6) is 0 Å². The van der Waals surface area contributed by atoms with E-state index in [1.165, 1.54) is 6.26 Å². The van der Waals surface area contributed by atoms with Crippen molar-refractivity contribution in [2.75, 3.05) is 12.8 Å². The molecule has 19 heavy (non-hydrogen) atoms. The van der Waals surface area contributed by atoms with Gasteiger partial charge in [0.05, 0.1) is 4.75 Å². The third kappa shape index (κ3) is 4.26. The number of hydrogen-bond acceptors (Lipinski definition) is 4. The molecule has 108 valence electrons. The lowest BCUT2D eigenvalue weighted by Crippen LogP contribution is -2.52. The van der Waals surface area contributed by atoms with Crippen molar-refractivity contribution in [3.63, 3.8) is 0 Å². The molecular weight excluding hydrogens is 328 g/mol. The Morgan fingerprint density at radius 3 is 2.47 bits per heavy atom. The Bertz CT molecular complexity index is 512. The Morgan fingerprint density at radius 1 is 1.42 bits per heavy atom. The molecule has 0 fully saturated rings. The molecule has 6 heteroatoms. The van der Waals surface area contributed by atoms with Crippen LogP contribution in [-0.4, -0.2) is 37.0 Å². The molecular formula is C13H21BrN2O2S. The highest BCUT2D eigenvalue weighted by Gasteiger charge is 2.38. The van der Waals surface area contributed by atoms with Crippen molar-refractivity contribution in [3.8, 4) is 0 Å². The van der Waals surface area contributed by atoms with Gasteiger partial charge in [0, 0.05) is 35.1 Å². The van der Waals surface area contributed by atoms with Gasteiger partial charge in [0.15, 0.2) is 9.84 Å². The Kier molecular flexibility index (Phi) is 5.53. The Morgan fingerprint density at radius 2 is 2.05 bits per heavy atom. The molecule has 1 N–H and O–H groups in total. The van der Waals surface area contributed by atoms with Gasteiger partial charge in [-0.25, -0.2) is 8.42 Å². The van der Waals surface area contributed by atoms with E-state index in [1.54, 1.807) is 20.0 Å². The molecule has 1 aromatic rings. The largest absolute Gasteiger partial charge is 0.312 e. The number of nitrogens with one attached hydrogen (secondary N) is 1. The second-order valence-electron chi connectivity index (χ2n) is 5.16. The third-order valence-corrected chi connectivity index (χ3v) is 6.11. The minimum Gasteiger partial charge on any atom is -0.312 e. The van der Waals surface area contributed by atoms with Crippen LogP contribution in [0.2, 0.25) is 0 Å². The minimum atomic E-state index is -3.15. The molecule has 0 aromatic carbocycles. The van der Waals surface area contributed by atoms with Gasteiger partial charge in [0.2, 0.25) is 0 Å². The lowest BCUT2D eigenvalue weighted by atomic mass is 9.98. The van der Waals surface area contributed by atoms with Gasteiger partial charge in [0.25, 0.3) is 0 Å². The maximum Gasteiger partial charge on any atom is 0.154 e. The van der Waals surface area contributed by atoms with Crippen LogP contribution in [0.4, 0.5) is 0 Å². The lowest BCUT2D eigenvalue weighted by Gasteiger charge is -2.33. The number of rotatable bonds is 6. The smallest absolute Gasteiger partial charge is 0.154 e. The number of likely N-dealkylation sites (N-methyl/N-ethyl adjacent to an activating group) is 1. The maximum atomic E-state index is 11.9. The standard InChI is InChI=1S/C13H21BrN2O2S/c1-5-15-12(13(2,3)19(4,17)18)8-11-7-6-10(14)9-16-11/h6-7,9,12,15H,5,8H2,1-4H3. The lowest BCUT2D eigenvalue weighted by molar-refractivity contribution is 0.411. The Balaban J connectivity index is 2.99. The zero-order valence-electron chi connectivity index (χ0n) is 11.8. The molecule has 4 nitrogen and oxygen atoms in total. The highest BCUT2D eigenvalue weighted by atomic mass is 79.9. The van der Waals surface area contributed by atoms with Crippen LogP contribution in [0.1, 0.15) is 26.5 Å². The van der Waals surface area contributed by atoms with Crippen molar-refractivity contribution < 1.29 is 8.42 Å². The van der Waals surface area contributed by atoms with Crippen LogP contribution in [-0.2, 0) is 16.3 Å². The predicted molar refractivity (Wildman–Crippen MR) is 82.0 cm³/mol. The molecule has 1 rings (SSSR count).